The number of methoxy groups -OCH3 is 1. The van der Waals surface area contributed by atoms with Gasteiger partial charge in [-0.2, -0.15) is 0 Å². The van der Waals surface area contributed by atoms with Gasteiger partial charge in [0.05, 0.1) is 13.0 Å². The standard InChI is InChI=1S/C16H22FN3O2/c1-22-15-3-2-12(8-14(15)17)11-19-4-6-20(7-5-19)16(21)13-9-18-10-13/h2-3,8,13,18H,4-7,9-11H2,1H3. The molecule has 0 radical (unpaired) electrons. The summed E-state index contributed by atoms with van der Waals surface area (Å²) in [6.07, 6.45) is 0. The van der Waals surface area contributed by atoms with Crippen molar-refractivity contribution in [1.82, 2.24) is 15.1 Å². The Bertz CT molecular complexity index is 540. The highest BCUT2D eigenvalue weighted by Crippen LogP contribution is 2.19. The van der Waals surface area contributed by atoms with E-state index in [4.69, 9.17) is 4.74 Å². The first-order valence-electron chi connectivity index (χ1n) is 7.71. The Morgan fingerprint density at radius 1 is 1.32 bits per heavy atom. The second-order valence-electron chi connectivity index (χ2n) is 5.93. The van der Waals surface area contributed by atoms with Crippen LogP contribution < -0.4 is 10.1 Å². The molecule has 1 N–H and O–H groups in total. The number of carbonyl (C=O) groups is 1. The summed E-state index contributed by atoms with van der Waals surface area (Å²) in [6, 6.07) is 5.07. The molecular weight excluding hydrogens is 285 g/mol. The minimum absolute atomic E-state index is 0.169. The lowest BCUT2D eigenvalue weighted by molar-refractivity contribution is -0.138. The van der Waals surface area contributed by atoms with Gasteiger partial charge in [0.25, 0.3) is 0 Å². The van der Waals surface area contributed by atoms with Crippen molar-refractivity contribution in [3.8, 4) is 5.75 Å². The van der Waals surface area contributed by atoms with E-state index >= 15 is 0 Å². The van der Waals surface area contributed by atoms with Crippen LogP contribution in [-0.2, 0) is 11.3 Å². The topological polar surface area (TPSA) is 44.8 Å². The summed E-state index contributed by atoms with van der Waals surface area (Å²) in [5.41, 5.74) is 0.932. The number of carbonyl (C=O) groups excluding carboxylic acids is 1. The van der Waals surface area contributed by atoms with Crippen molar-refractivity contribution in [3.05, 3.63) is 29.6 Å². The molecule has 2 aliphatic rings. The van der Waals surface area contributed by atoms with E-state index in [9.17, 15) is 9.18 Å². The van der Waals surface area contributed by atoms with Crippen molar-refractivity contribution >= 4 is 5.91 Å². The average molecular weight is 307 g/mol. The van der Waals surface area contributed by atoms with E-state index in [-0.39, 0.29) is 23.4 Å². The lowest BCUT2D eigenvalue weighted by atomic mass is 10.0. The molecular formula is C16H22FN3O2. The Balaban J connectivity index is 1.51. The van der Waals surface area contributed by atoms with Crippen molar-refractivity contribution in [2.75, 3.05) is 46.4 Å². The maximum atomic E-state index is 13.7. The molecule has 0 atom stereocenters. The van der Waals surface area contributed by atoms with Gasteiger partial charge in [-0.25, -0.2) is 4.39 Å². The molecule has 0 aromatic heterocycles. The smallest absolute Gasteiger partial charge is 0.228 e. The lowest BCUT2D eigenvalue weighted by Crippen LogP contribution is -2.56. The maximum absolute atomic E-state index is 13.7. The molecule has 1 amide bonds. The van der Waals surface area contributed by atoms with E-state index in [0.717, 1.165) is 44.8 Å². The number of piperazine rings is 1. The first-order chi connectivity index (χ1) is 10.7. The Kier molecular flexibility index (Phi) is 4.59. The number of rotatable bonds is 4. The van der Waals surface area contributed by atoms with Crippen LogP contribution in [0.2, 0.25) is 0 Å². The van der Waals surface area contributed by atoms with E-state index in [1.54, 1.807) is 6.07 Å². The predicted molar refractivity (Wildman–Crippen MR) is 81.2 cm³/mol. The number of hydrogen-bond acceptors (Lipinski definition) is 4. The Labute approximate surface area is 130 Å². The summed E-state index contributed by atoms with van der Waals surface area (Å²) < 4.78 is 18.6. The number of nitrogens with zero attached hydrogens (tertiary/aromatic N) is 2. The molecule has 22 heavy (non-hydrogen) atoms. The van der Waals surface area contributed by atoms with Crippen LogP contribution in [0.25, 0.3) is 0 Å². The molecule has 1 aromatic carbocycles. The highest BCUT2D eigenvalue weighted by molar-refractivity contribution is 5.80. The van der Waals surface area contributed by atoms with E-state index in [2.05, 4.69) is 10.2 Å². The number of nitrogens with one attached hydrogen (secondary N) is 1. The third kappa shape index (κ3) is 3.23. The van der Waals surface area contributed by atoms with Crippen LogP contribution in [0.5, 0.6) is 5.75 Å². The van der Waals surface area contributed by atoms with Crippen LogP contribution in [0.4, 0.5) is 4.39 Å². The average Bonchev–Trinajstić information content (AvgIpc) is 2.46. The van der Waals surface area contributed by atoms with Gasteiger partial charge in [0.15, 0.2) is 11.6 Å². The molecule has 6 heteroatoms. The second-order valence-corrected chi connectivity index (χ2v) is 5.93. The molecule has 0 spiro atoms. The summed E-state index contributed by atoms with van der Waals surface area (Å²) in [5, 5.41) is 3.13. The zero-order valence-corrected chi connectivity index (χ0v) is 12.8. The quantitative estimate of drug-likeness (QED) is 0.889. The molecule has 0 bridgehead atoms. The summed E-state index contributed by atoms with van der Waals surface area (Å²) in [4.78, 5) is 16.4. The molecule has 2 fully saturated rings. The van der Waals surface area contributed by atoms with E-state index < -0.39 is 0 Å². The maximum Gasteiger partial charge on any atom is 0.228 e. The van der Waals surface area contributed by atoms with E-state index in [1.807, 2.05) is 11.0 Å². The molecule has 0 aliphatic carbocycles. The Morgan fingerprint density at radius 3 is 2.59 bits per heavy atom. The molecule has 3 rings (SSSR count). The third-order valence-corrected chi connectivity index (χ3v) is 4.44. The SMILES string of the molecule is COc1ccc(CN2CCN(C(=O)C3CNC3)CC2)cc1F. The molecule has 0 unspecified atom stereocenters. The summed E-state index contributed by atoms with van der Waals surface area (Å²) >= 11 is 0. The minimum Gasteiger partial charge on any atom is -0.494 e. The van der Waals surface area contributed by atoms with Gasteiger partial charge in [-0.1, -0.05) is 6.07 Å². The van der Waals surface area contributed by atoms with E-state index in [1.165, 1.54) is 13.2 Å². The van der Waals surface area contributed by atoms with Gasteiger partial charge in [-0.3, -0.25) is 9.69 Å². The molecule has 2 saturated heterocycles. The molecule has 0 saturated carbocycles. The zero-order chi connectivity index (χ0) is 15.5. The van der Waals surface area contributed by atoms with Crippen molar-refractivity contribution in [2.45, 2.75) is 6.54 Å². The molecule has 1 aromatic rings. The van der Waals surface area contributed by atoms with E-state index in [0.29, 0.717) is 6.54 Å². The van der Waals surface area contributed by atoms with Crippen molar-refractivity contribution in [1.29, 1.82) is 0 Å². The largest absolute Gasteiger partial charge is 0.494 e. The van der Waals surface area contributed by atoms with Crippen LogP contribution in [0.15, 0.2) is 18.2 Å². The van der Waals surface area contributed by atoms with Gasteiger partial charge in [-0.05, 0) is 17.7 Å². The molecule has 5 nitrogen and oxygen atoms in total. The fourth-order valence-electron chi connectivity index (χ4n) is 2.91. The van der Waals surface area contributed by atoms with Crippen molar-refractivity contribution in [3.63, 3.8) is 0 Å². The van der Waals surface area contributed by atoms with Crippen LogP contribution in [-0.4, -0.2) is 62.1 Å². The van der Waals surface area contributed by atoms with Gasteiger partial charge in [0, 0.05) is 45.8 Å². The van der Waals surface area contributed by atoms with Crippen LogP contribution in [0, 0.1) is 11.7 Å². The van der Waals surface area contributed by atoms with Crippen LogP contribution >= 0.6 is 0 Å². The summed E-state index contributed by atoms with van der Waals surface area (Å²) in [6.45, 7) is 5.50. The predicted octanol–water partition coefficient (Wildman–Crippen LogP) is 0.698. The minimum atomic E-state index is -0.328. The van der Waals surface area contributed by atoms with Crippen molar-refractivity contribution < 1.29 is 13.9 Å². The summed E-state index contributed by atoms with van der Waals surface area (Å²) in [7, 11) is 1.46. The van der Waals surface area contributed by atoms with Gasteiger partial charge in [0.1, 0.15) is 0 Å². The molecule has 2 aliphatic heterocycles. The number of hydrogen-bond donors (Lipinski definition) is 1. The summed E-state index contributed by atoms with van der Waals surface area (Å²) in [5.74, 6) is 0.385. The molecule has 120 valence electrons. The molecule has 2 heterocycles. The number of ether oxygens (including phenoxy) is 1. The fourth-order valence-corrected chi connectivity index (χ4v) is 2.91. The van der Waals surface area contributed by atoms with Crippen LogP contribution in [0.3, 0.4) is 0 Å². The van der Waals surface area contributed by atoms with Gasteiger partial charge in [0.2, 0.25) is 5.91 Å². The third-order valence-electron chi connectivity index (χ3n) is 4.44. The monoisotopic (exact) mass is 307 g/mol. The lowest BCUT2D eigenvalue weighted by Gasteiger charge is -2.38. The first-order valence-corrected chi connectivity index (χ1v) is 7.71. The van der Waals surface area contributed by atoms with Gasteiger partial charge in [-0.15, -0.1) is 0 Å². The highest BCUT2D eigenvalue weighted by atomic mass is 19.1. The normalized spacial score (nSPS) is 19.8. The second kappa shape index (κ2) is 6.62. The number of amides is 1. The Hall–Kier alpha value is -1.66. The Morgan fingerprint density at radius 2 is 2.05 bits per heavy atom. The zero-order valence-electron chi connectivity index (χ0n) is 12.8. The van der Waals surface area contributed by atoms with Gasteiger partial charge < -0.3 is 15.0 Å². The van der Waals surface area contributed by atoms with Crippen LogP contribution in [0.1, 0.15) is 5.56 Å². The fraction of sp³-hybridized carbons (Fsp3) is 0.562. The first kappa shape index (κ1) is 15.2. The highest BCUT2D eigenvalue weighted by Gasteiger charge is 2.30. The van der Waals surface area contributed by atoms with Gasteiger partial charge >= 0.3 is 0 Å². The number of halogens is 1. The van der Waals surface area contributed by atoms with Crippen molar-refractivity contribution in [2.24, 2.45) is 5.92 Å². The number of benzene rings is 1.